The molecule has 26 heavy (non-hydrogen) atoms. The fourth-order valence-electron chi connectivity index (χ4n) is 2.29. The van der Waals surface area contributed by atoms with Crippen molar-refractivity contribution in [3.05, 3.63) is 94.4 Å². The molecule has 2 N–H and O–H groups in total. The van der Waals surface area contributed by atoms with Crippen molar-refractivity contribution in [3.63, 3.8) is 0 Å². The topological polar surface area (TPSA) is 85.1 Å². The van der Waals surface area contributed by atoms with Gasteiger partial charge in [0.15, 0.2) is 6.20 Å². The van der Waals surface area contributed by atoms with Gasteiger partial charge in [0, 0.05) is 22.7 Å². The van der Waals surface area contributed by atoms with Gasteiger partial charge in [0.05, 0.1) is 11.4 Å². The van der Waals surface area contributed by atoms with Crippen LogP contribution in [-0.4, -0.2) is 11.8 Å². The molecule has 2 amide bonds. The van der Waals surface area contributed by atoms with Crippen molar-refractivity contribution >= 4 is 34.8 Å². The van der Waals surface area contributed by atoms with E-state index in [-0.39, 0.29) is 11.6 Å². The lowest BCUT2D eigenvalue weighted by Gasteiger charge is -2.12. The average molecular weight is 368 g/mol. The van der Waals surface area contributed by atoms with Crippen molar-refractivity contribution in [1.29, 1.82) is 0 Å². The monoisotopic (exact) mass is 367 g/mol. The van der Waals surface area contributed by atoms with Gasteiger partial charge in [-0.1, -0.05) is 23.7 Å². The number of carbonyl (C=O) groups is 2. The van der Waals surface area contributed by atoms with Gasteiger partial charge in [-0.25, -0.2) is 0 Å². The molecule has 0 unspecified atom stereocenters. The highest BCUT2D eigenvalue weighted by atomic mass is 35.5. The largest absolute Gasteiger partial charge is 0.618 e. The number of halogens is 1. The molecule has 0 saturated carbocycles. The number of nitrogens with one attached hydrogen (secondary N) is 2. The number of para-hydroxylation sites is 2. The lowest BCUT2D eigenvalue weighted by Crippen LogP contribution is -2.36. The number of nitrogens with zero attached hydrogens (tertiary/aromatic N) is 1. The smallest absolute Gasteiger partial charge is 0.321 e. The highest BCUT2D eigenvalue weighted by Gasteiger charge is 2.17. The normalized spacial score (nSPS) is 10.2. The standard InChI is InChI=1S/C19H14ClN3O3/c20-14-10-8-13(9-11-14)18(24)21-15-5-1-2-6-16(15)22-19(25)17-7-3-4-12-23(17)26/h1-12H,(H,21,24)(H,22,25). The summed E-state index contributed by atoms with van der Waals surface area (Å²) >= 11 is 5.82. The molecule has 130 valence electrons. The van der Waals surface area contributed by atoms with E-state index in [0.29, 0.717) is 26.7 Å². The van der Waals surface area contributed by atoms with Gasteiger partial charge in [-0.15, -0.1) is 0 Å². The summed E-state index contributed by atoms with van der Waals surface area (Å²) in [5.74, 6) is -0.921. The highest BCUT2D eigenvalue weighted by molar-refractivity contribution is 6.30. The Balaban J connectivity index is 1.80. The van der Waals surface area contributed by atoms with Crippen LogP contribution in [0.5, 0.6) is 0 Å². The lowest BCUT2D eigenvalue weighted by molar-refractivity contribution is -0.607. The predicted molar refractivity (Wildman–Crippen MR) is 99.2 cm³/mol. The van der Waals surface area contributed by atoms with Crippen LogP contribution in [0.15, 0.2) is 72.9 Å². The van der Waals surface area contributed by atoms with Crippen molar-refractivity contribution in [2.75, 3.05) is 10.6 Å². The Bertz CT molecular complexity index is 958. The van der Waals surface area contributed by atoms with E-state index < -0.39 is 5.91 Å². The molecular formula is C19H14ClN3O3. The summed E-state index contributed by atoms with van der Waals surface area (Å²) in [5.41, 5.74) is 1.17. The summed E-state index contributed by atoms with van der Waals surface area (Å²) in [4.78, 5) is 24.7. The fourth-order valence-corrected chi connectivity index (χ4v) is 2.41. The summed E-state index contributed by atoms with van der Waals surface area (Å²) in [6, 6.07) is 17.7. The van der Waals surface area contributed by atoms with Crippen molar-refractivity contribution < 1.29 is 14.3 Å². The van der Waals surface area contributed by atoms with E-state index in [1.165, 1.54) is 18.3 Å². The molecule has 6 nitrogen and oxygen atoms in total. The van der Waals surface area contributed by atoms with Crippen LogP contribution in [-0.2, 0) is 0 Å². The summed E-state index contributed by atoms with van der Waals surface area (Å²) in [6.07, 6.45) is 1.24. The van der Waals surface area contributed by atoms with E-state index in [0.717, 1.165) is 0 Å². The zero-order chi connectivity index (χ0) is 18.5. The summed E-state index contributed by atoms with van der Waals surface area (Å²) in [5, 5.41) is 17.6. The van der Waals surface area contributed by atoms with Crippen molar-refractivity contribution in [1.82, 2.24) is 0 Å². The van der Waals surface area contributed by atoms with E-state index in [1.807, 2.05) is 0 Å². The third-order valence-corrected chi connectivity index (χ3v) is 3.84. The van der Waals surface area contributed by atoms with E-state index >= 15 is 0 Å². The minimum Gasteiger partial charge on any atom is -0.618 e. The Morgan fingerprint density at radius 3 is 2.00 bits per heavy atom. The first-order chi connectivity index (χ1) is 12.5. The first-order valence-corrected chi connectivity index (χ1v) is 8.08. The van der Waals surface area contributed by atoms with Gasteiger partial charge in [0.25, 0.3) is 11.6 Å². The van der Waals surface area contributed by atoms with Gasteiger partial charge >= 0.3 is 5.91 Å². The molecule has 0 atom stereocenters. The average Bonchev–Trinajstić information content (AvgIpc) is 2.64. The maximum absolute atomic E-state index is 12.4. The molecule has 3 rings (SSSR count). The molecule has 0 saturated heterocycles. The lowest BCUT2D eigenvalue weighted by atomic mass is 10.2. The van der Waals surface area contributed by atoms with Gasteiger partial charge in [-0.05, 0) is 42.5 Å². The summed E-state index contributed by atoms with van der Waals surface area (Å²) in [7, 11) is 0. The molecule has 0 aliphatic rings. The molecule has 7 heteroatoms. The third kappa shape index (κ3) is 3.99. The zero-order valence-electron chi connectivity index (χ0n) is 13.5. The maximum Gasteiger partial charge on any atom is 0.321 e. The van der Waals surface area contributed by atoms with Crippen LogP contribution in [0.1, 0.15) is 20.8 Å². The molecule has 0 aliphatic heterocycles. The molecule has 0 aliphatic carbocycles. The van der Waals surface area contributed by atoms with Crippen molar-refractivity contribution in [2.24, 2.45) is 0 Å². The Labute approximate surface area is 154 Å². The van der Waals surface area contributed by atoms with E-state index in [4.69, 9.17) is 11.6 Å². The maximum atomic E-state index is 12.4. The van der Waals surface area contributed by atoms with Gasteiger partial charge in [-0.3, -0.25) is 9.59 Å². The minimum absolute atomic E-state index is 0.0497. The van der Waals surface area contributed by atoms with Crippen LogP contribution in [0.3, 0.4) is 0 Å². The van der Waals surface area contributed by atoms with Crippen molar-refractivity contribution in [3.8, 4) is 0 Å². The number of anilines is 2. The number of benzene rings is 2. The molecule has 0 radical (unpaired) electrons. The zero-order valence-corrected chi connectivity index (χ0v) is 14.2. The second-order valence-corrected chi connectivity index (χ2v) is 5.81. The van der Waals surface area contributed by atoms with E-state index in [1.54, 1.807) is 54.6 Å². The first kappa shape index (κ1) is 17.4. The van der Waals surface area contributed by atoms with E-state index in [9.17, 15) is 14.8 Å². The number of carbonyl (C=O) groups excluding carboxylic acids is 2. The number of hydrogen-bond donors (Lipinski definition) is 2. The highest BCUT2D eigenvalue weighted by Crippen LogP contribution is 2.22. The SMILES string of the molecule is O=C(Nc1ccccc1NC(=O)c1cccc[n+]1[O-])c1ccc(Cl)cc1. The molecule has 0 fully saturated rings. The minimum atomic E-state index is -0.575. The van der Waals surface area contributed by atoms with E-state index in [2.05, 4.69) is 10.6 Å². The molecule has 1 aromatic heterocycles. The van der Waals surface area contributed by atoms with Crippen LogP contribution in [0.25, 0.3) is 0 Å². The number of aromatic nitrogens is 1. The molecule has 3 aromatic rings. The molecule has 0 bridgehead atoms. The second kappa shape index (κ2) is 7.67. The predicted octanol–water partition coefficient (Wildman–Crippen LogP) is 3.48. The Kier molecular flexibility index (Phi) is 5.15. The number of rotatable bonds is 4. The van der Waals surface area contributed by atoms with Crippen LogP contribution in [0, 0.1) is 5.21 Å². The first-order valence-electron chi connectivity index (χ1n) is 7.70. The fraction of sp³-hybridized carbons (Fsp3) is 0. The number of pyridine rings is 1. The van der Waals surface area contributed by atoms with Crippen LogP contribution >= 0.6 is 11.6 Å². The molecule has 0 spiro atoms. The van der Waals surface area contributed by atoms with Crippen molar-refractivity contribution in [2.45, 2.75) is 0 Å². The Morgan fingerprint density at radius 2 is 1.38 bits per heavy atom. The molecular weight excluding hydrogens is 354 g/mol. The second-order valence-electron chi connectivity index (χ2n) is 5.37. The number of hydrogen-bond acceptors (Lipinski definition) is 3. The summed E-state index contributed by atoms with van der Waals surface area (Å²) in [6.45, 7) is 0. The quantitative estimate of drug-likeness (QED) is 0.547. The molecule has 2 aromatic carbocycles. The van der Waals surface area contributed by atoms with Gasteiger partial charge < -0.3 is 15.8 Å². The summed E-state index contributed by atoms with van der Waals surface area (Å²) < 4.78 is 0.476. The number of amides is 2. The van der Waals surface area contributed by atoms with Gasteiger partial charge in [0.2, 0.25) is 0 Å². The Hall–Kier alpha value is -3.38. The van der Waals surface area contributed by atoms with Gasteiger partial charge in [-0.2, -0.15) is 4.73 Å². The van der Waals surface area contributed by atoms with Crippen LogP contribution < -0.4 is 15.4 Å². The van der Waals surface area contributed by atoms with Crippen LogP contribution in [0.4, 0.5) is 11.4 Å². The van der Waals surface area contributed by atoms with Gasteiger partial charge in [0.1, 0.15) is 0 Å². The molecule has 1 heterocycles. The van der Waals surface area contributed by atoms with Crippen LogP contribution in [0.2, 0.25) is 5.02 Å². The Morgan fingerprint density at radius 1 is 0.808 bits per heavy atom. The third-order valence-electron chi connectivity index (χ3n) is 3.59.